The Labute approximate surface area is 107 Å². The summed E-state index contributed by atoms with van der Waals surface area (Å²) in [6.07, 6.45) is 4.18. The molecule has 0 amide bonds. The molecule has 2 rings (SSSR count). The van der Waals surface area contributed by atoms with E-state index in [0.717, 1.165) is 50.4 Å². The summed E-state index contributed by atoms with van der Waals surface area (Å²) in [5.74, 6) is -0.389. The van der Waals surface area contributed by atoms with E-state index in [-0.39, 0.29) is 12.4 Å². The van der Waals surface area contributed by atoms with Crippen molar-refractivity contribution in [2.45, 2.75) is 25.7 Å². The van der Waals surface area contributed by atoms with Crippen LogP contribution in [0.2, 0.25) is 0 Å². The molecule has 1 aromatic carbocycles. The molecule has 1 aromatic rings. The first kappa shape index (κ1) is 14.4. The molecule has 1 heterocycles. The highest BCUT2D eigenvalue weighted by Gasteiger charge is 2.13. The van der Waals surface area contributed by atoms with Gasteiger partial charge in [0.1, 0.15) is 11.6 Å². The standard InChI is InChI=1S/C13H17F2N.ClH/c14-12-7-11(8-13(15)9-12)6-10-2-1-4-16-5-3-10;/h7-10,16H,1-6H2;1H. The predicted molar refractivity (Wildman–Crippen MR) is 67.5 cm³/mol. The van der Waals surface area contributed by atoms with Gasteiger partial charge < -0.3 is 5.32 Å². The van der Waals surface area contributed by atoms with Gasteiger partial charge in [-0.15, -0.1) is 12.4 Å². The molecule has 17 heavy (non-hydrogen) atoms. The van der Waals surface area contributed by atoms with Crippen LogP contribution in [0.3, 0.4) is 0 Å². The van der Waals surface area contributed by atoms with Gasteiger partial charge in [-0.3, -0.25) is 0 Å². The molecule has 0 aliphatic carbocycles. The van der Waals surface area contributed by atoms with E-state index < -0.39 is 11.6 Å². The summed E-state index contributed by atoms with van der Waals surface area (Å²) < 4.78 is 26.0. The van der Waals surface area contributed by atoms with Crippen LogP contribution < -0.4 is 5.32 Å². The second kappa shape index (κ2) is 6.92. The minimum atomic E-state index is -0.471. The number of hydrogen-bond acceptors (Lipinski definition) is 1. The zero-order valence-corrected chi connectivity index (χ0v) is 10.5. The largest absolute Gasteiger partial charge is 0.317 e. The smallest absolute Gasteiger partial charge is 0.126 e. The van der Waals surface area contributed by atoms with Crippen LogP contribution in [0.5, 0.6) is 0 Å². The molecule has 1 saturated heterocycles. The van der Waals surface area contributed by atoms with Gasteiger partial charge in [0.05, 0.1) is 0 Å². The lowest BCUT2D eigenvalue weighted by molar-refractivity contribution is 0.466. The van der Waals surface area contributed by atoms with Crippen molar-refractivity contribution in [3.8, 4) is 0 Å². The number of benzene rings is 1. The zero-order valence-electron chi connectivity index (χ0n) is 9.72. The third-order valence-corrected chi connectivity index (χ3v) is 3.14. The number of rotatable bonds is 2. The molecular weight excluding hydrogens is 244 g/mol. The molecule has 1 unspecified atom stereocenters. The predicted octanol–water partition coefficient (Wildman–Crippen LogP) is 3.32. The Morgan fingerprint density at radius 2 is 1.76 bits per heavy atom. The molecule has 0 spiro atoms. The summed E-state index contributed by atoms with van der Waals surface area (Å²) in [5.41, 5.74) is 0.782. The van der Waals surface area contributed by atoms with E-state index in [9.17, 15) is 8.78 Å². The Morgan fingerprint density at radius 1 is 1.06 bits per heavy atom. The van der Waals surface area contributed by atoms with Gasteiger partial charge >= 0.3 is 0 Å². The van der Waals surface area contributed by atoms with Crippen LogP contribution >= 0.6 is 12.4 Å². The zero-order chi connectivity index (χ0) is 11.4. The van der Waals surface area contributed by atoms with E-state index in [4.69, 9.17) is 0 Å². The Kier molecular flexibility index (Phi) is 5.86. The fraction of sp³-hybridized carbons (Fsp3) is 0.538. The first-order chi connectivity index (χ1) is 7.74. The quantitative estimate of drug-likeness (QED) is 0.861. The van der Waals surface area contributed by atoms with Crippen molar-refractivity contribution in [1.29, 1.82) is 0 Å². The van der Waals surface area contributed by atoms with Crippen molar-refractivity contribution in [2.75, 3.05) is 13.1 Å². The highest BCUT2D eigenvalue weighted by atomic mass is 35.5. The lowest BCUT2D eigenvalue weighted by Crippen LogP contribution is -2.14. The van der Waals surface area contributed by atoms with Crippen LogP contribution in [-0.4, -0.2) is 13.1 Å². The fourth-order valence-corrected chi connectivity index (χ4v) is 2.36. The first-order valence-corrected chi connectivity index (χ1v) is 5.90. The normalized spacial score (nSPS) is 20.5. The molecule has 0 bridgehead atoms. The van der Waals surface area contributed by atoms with Gasteiger partial charge in [-0.05, 0) is 62.4 Å². The summed E-state index contributed by atoms with van der Waals surface area (Å²) in [5, 5.41) is 3.34. The summed E-state index contributed by atoms with van der Waals surface area (Å²) in [4.78, 5) is 0. The molecule has 1 fully saturated rings. The minimum Gasteiger partial charge on any atom is -0.317 e. The van der Waals surface area contributed by atoms with Gasteiger partial charge in [0, 0.05) is 6.07 Å². The van der Waals surface area contributed by atoms with Gasteiger partial charge in [0.2, 0.25) is 0 Å². The van der Waals surface area contributed by atoms with Gasteiger partial charge in [-0.1, -0.05) is 0 Å². The maximum absolute atomic E-state index is 13.0. The number of hydrogen-bond donors (Lipinski definition) is 1. The van der Waals surface area contributed by atoms with Crippen LogP contribution in [0.1, 0.15) is 24.8 Å². The topological polar surface area (TPSA) is 12.0 Å². The van der Waals surface area contributed by atoms with E-state index in [1.54, 1.807) is 0 Å². The van der Waals surface area contributed by atoms with E-state index >= 15 is 0 Å². The minimum absolute atomic E-state index is 0. The highest BCUT2D eigenvalue weighted by Crippen LogP contribution is 2.20. The van der Waals surface area contributed by atoms with Crippen molar-refractivity contribution >= 4 is 12.4 Å². The molecule has 4 heteroatoms. The Bertz CT molecular complexity index is 329. The second-order valence-corrected chi connectivity index (χ2v) is 4.53. The molecule has 1 N–H and O–H groups in total. The maximum Gasteiger partial charge on any atom is 0.126 e. The van der Waals surface area contributed by atoms with Crippen molar-refractivity contribution in [3.63, 3.8) is 0 Å². The van der Waals surface area contributed by atoms with E-state index in [0.29, 0.717) is 5.92 Å². The molecular formula is C13H18ClF2N. The molecule has 0 aromatic heterocycles. The van der Waals surface area contributed by atoms with Gasteiger partial charge in [-0.25, -0.2) is 8.78 Å². The van der Waals surface area contributed by atoms with Crippen LogP contribution in [0.25, 0.3) is 0 Å². The fourth-order valence-electron chi connectivity index (χ4n) is 2.36. The Balaban J connectivity index is 0.00000144. The van der Waals surface area contributed by atoms with Crippen LogP contribution in [0.4, 0.5) is 8.78 Å². The summed E-state index contributed by atoms with van der Waals surface area (Å²) in [6, 6.07) is 3.82. The van der Waals surface area contributed by atoms with Crippen LogP contribution in [0, 0.1) is 17.6 Å². The second-order valence-electron chi connectivity index (χ2n) is 4.53. The SMILES string of the molecule is Cl.Fc1cc(F)cc(CC2CCCNCC2)c1. The molecule has 96 valence electrons. The van der Waals surface area contributed by atoms with E-state index in [1.165, 1.54) is 12.1 Å². The summed E-state index contributed by atoms with van der Waals surface area (Å²) >= 11 is 0. The third kappa shape index (κ3) is 4.60. The summed E-state index contributed by atoms with van der Waals surface area (Å²) in [6.45, 7) is 2.08. The van der Waals surface area contributed by atoms with Crippen molar-refractivity contribution in [1.82, 2.24) is 5.32 Å². The van der Waals surface area contributed by atoms with Crippen LogP contribution in [0.15, 0.2) is 18.2 Å². The van der Waals surface area contributed by atoms with Gasteiger partial charge in [0.25, 0.3) is 0 Å². The number of nitrogens with one attached hydrogen (secondary N) is 1. The lowest BCUT2D eigenvalue weighted by atomic mass is 9.93. The van der Waals surface area contributed by atoms with Crippen molar-refractivity contribution < 1.29 is 8.78 Å². The van der Waals surface area contributed by atoms with Gasteiger partial charge in [0.15, 0.2) is 0 Å². The first-order valence-electron chi connectivity index (χ1n) is 5.90. The van der Waals surface area contributed by atoms with Gasteiger partial charge in [-0.2, -0.15) is 0 Å². The lowest BCUT2D eigenvalue weighted by Gasteiger charge is -2.13. The number of halogens is 3. The average Bonchev–Trinajstić information content (AvgIpc) is 2.44. The third-order valence-electron chi connectivity index (χ3n) is 3.14. The van der Waals surface area contributed by atoms with Crippen molar-refractivity contribution in [3.05, 3.63) is 35.4 Å². The Morgan fingerprint density at radius 3 is 2.47 bits per heavy atom. The molecule has 0 radical (unpaired) electrons. The summed E-state index contributed by atoms with van der Waals surface area (Å²) in [7, 11) is 0. The monoisotopic (exact) mass is 261 g/mol. The molecule has 0 saturated carbocycles. The van der Waals surface area contributed by atoms with E-state index in [1.807, 2.05) is 0 Å². The molecule has 1 aliphatic rings. The Hall–Kier alpha value is -0.670. The van der Waals surface area contributed by atoms with E-state index in [2.05, 4.69) is 5.32 Å². The molecule has 1 aliphatic heterocycles. The van der Waals surface area contributed by atoms with Crippen molar-refractivity contribution in [2.24, 2.45) is 5.92 Å². The molecule has 1 atom stereocenters. The maximum atomic E-state index is 13.0. The van der Waals surface area contributed by atoms with Crippen LogP contribution in [-0.2, 0) is 6.42 Å². The average molecular weight is 262 g/mol. The highest BCUT2D eigenvalue weighted by molar-refractivity contribution is 5.85. The molecule has 1 nitrogen and oxygen atoms in total.